The van der Waals surface area contributed by atoms with E-state index in [4.69, 9.17) is 5.73 Å². The molecule has 0 unspecified atom stereocenters. The van der Waals surface area contributed by atoms with Gasteiger partial charge in [0.15, 0.2) is 5.82 Å². The summed E-state index contributed by atoms with van der Waals surface area (Å²) in [5.74, 6) is 2.16. The molecule has 0 bridgehead atoms. The van der Waals surface area contributed by atoms with Gasteiger partial charge in [0.25, 0.3) is 0 Å². The van der Waals surface area contributed by atoms with Crippen LogP contribution in [0.1, 0.15) is 25.6 Å². The van der Waals surface area contributed by atoms with Crippen LogP contribution in [0.3, 0.4) is 0 Å². The molecule has 7 nitrogen and oxygen atoms in total. The fourth-order valence-corrected chi connectivity index (χ4v) is 1.32. The van der Waals surface area contributed by atoms with Crippen LogP contribution in [0.15, 0.2) is 12.3 Å². The minimum atomic E-state index is 0.199. The predicted molar refractivity (Wildman–Crippen MR) is 64.8 cm³/mol. The molecule has 7 heteroatoms. The van der Waals surface area contributed by atoms with Crippen molar-refractivity contribution in [3.63, 3.8) is 0 Å². The van der Waals surface area contributed by atoms with Crippen molar-refractivity contribution in [1.82, 2.24) is 24.7 Å². The van der Waals surface area contributed by atoms with Crippen LogP contribution in [0.5, 0.6) is 0 Å². The lowest BCUT2D eigenvalue weighted by atomic mass is 10.2. The molecule has 2 heterocycles. The smallest absolute Gasteiger partial charge is 0.233 e. The Balaban J connectivity index is 2.26. The number of nitrogens with zero attached hydrogens (tertiary/aromatic N) is 5. The molecular formula is C10H15N7. The summed E-state index contributed by atoms with van der Waals surface area (Å²) in [6, 6.07) is 1.83. The van der Waals surface area contributed by atoms with Crippen LogP contribution in [0.25, 0.3) is 0 Å². The lowest BCUT2D eigenvalue weighted by molar-refractivity contribution is 0.761. The molecule has 0 atom stereocenters. The monoisotopic (exact) mass is 233 g/mol. The first kappa shape index (κ1) is 11.3. The topological polar surface area (TPSA) is 94.5 Å². The molecule has 0 spiro atoms. The van der Waals surface area contributed by atoms with Crippen LogP contribution >= 0.6 is 0 Å². The van der Waals surface area contributed by atoms with Crippen molar-refractivity contribution < 1.29 is 0 Å². The van der Waals surface area contributed by atoms with E-state index < -0.39 is 0 Å². The zero-order chi connectivity index (χ0) is 12.4. The average Bonchev–Trinajstić information content (AvgIpc) is 2.63. The number of hydrogen-bond acceptors (Lipinski definition) is 6. The maximum Gasteiger partial charge on any atom is 0.233 e. The Morgan fingerprint density at radius 1 is 1.29 bits per heavy atom. The van der Waals surface area contributed by atoms with E-state index in [2.05, 4.69) is 25.4 Å². The van der Waals surface area contributed by atoms with Gasteiger partial charge in [0, 0.05) is 25.2 Å². The first-order valence-corrected chi connectivity index (χ1v) is 5.32. The van der Waals surface area contributed by atoms with Crippen LogP contribution in [0.2, 0.25) is 0 Å². The van der Waals surface area contributed by atoms with Gasteiger partial charge in [0.2, 0.25) is 11.9 Å². The highest BCUT2D eigenvalue weighted by molar-refractivity contribution is 5.47. The Morgan fingerprint density at radius 2 is 2.06 bits per heavy atom. The summed E-state index contributed by atoms with van der Waals surface area (Å²) in [6.45, 7) is 4.00. The average molecular weight is 233 g/mol. The molecule has 0 aliphatic rings. The van der Waals surface area contributed by atoms with Crippen LogP contribution in [-0.2, 0) is 7.05 Å². The van der Waals surface area contributed by atoms with Crippen molar-refractivity contribution in [3.05, 3.63) is 18.1 Å². The van der Waals surface area contributed by atoms with Crippen LogP contribution in [0, 0.1) is 0 Å². The molecular weight excluding hydrogens is 218 g/mol. The van der Waals surface area contributed by atoms with Gasteiger partial charge in [-0.2, -0.15) is 20.1 Å². The Hall–Kier alpha value is -2.18. The summed E-state index contributed by atoms with van der Waals surface area (Å²) >= 11 is 0. The van der Waals surface area contributed by atoms with Gasteiger partial charge in [0.1, 0.15) is 5.82 Å². The summed E-state index contributed by atoms with van der Waals surface area (Å²) in [4.78, 5) is 12.4. The maximum absolute atomic E-state index is 5.63. The van der Waals surface area contributed by atoms with Crippen molar-refractivity contribution in [2.24, 2.45) is 7.05 Å². The lowest BCUT2D eigenvalue weighted by Crippen LogP contribution is -2.08. The summed E-state index contributed by atoms with van der Waals surface area (Å²) in [7, 11) is 1.84. The largest absolute Gasteiger partial charge is 0.368 e. The van der Waals surface area contributed by atoms with E-state index in [9.17, 15) is 0 Å². The minimum absolute atomic E-state index is 0.199. The molecule has 90 valence electrons. The summed E-state index contributed by atoms with van der Waals surface area (Å²) < 4.78 is 1.69. The van der Waals surface area contributed by atoms with Crippen molar-refractivity contribution in [2.45, 2.75) is 19.8 Å². The number of nitrogen functional groups attached to an aromatic ring is 1. The van der Waals surface area contributed by atoms with Crippen LogP contribution in [-0.4, -0.2) is 24.7 Å². The van der Waals surface area contributed by atoms with E-state index in [-0.39, 0.29) is 11.9 Å². The van der Waals surface area contributed by atoms with Crippen molar-refractivity contribution in [1.29, 1.82) is 0 Å². The molecule has 3 N–H and O–H groups in total. The van der Waals surface area contributed by atoms with Gasteiger partial charge in [-0.3, -0.25) is 4.68 Å². The third-order valence-corrected chi connectivity index (χ3v) is 2.14. The first-order valence-electron chi connectivity index (χ1n) is 5.32. The molecule has 0 saturated carbocycles. The van der Waals surface area contributed by atoms with Gasteiger partial charge in [0.05, 0.1) is 0 Å². The third kappa shape index (κ3) is 2.68. The van der Waals surface area contributed by atoms with E-state index in [0.29, 0.717) is 17.6 Å². The number of nitrogens with one attached hydrogen (secondary N) is 1. The predicted octanol–water partition coefficient (Wildman–Crippen LogP) is 1.05. The molecule has 17 heavy (non-hydrogen) atoms. The molecule has 0 aliphatic carbocycles. The second-order valence-electron chi connectivity index (χ2n) is 4.03. The summed E-state index contributed by atoms with van der Waals surface area (Å²) in [6.07, 6.45) is 1.83. The number of nitrogens with two attached hydrogens (primary N) is 1. The number of aromatic nitrogens is 5. The van der Waals surface area contributed by atoms with E-state index >= 15 is 0 Å². The summed E-state index contributed by atoms with van der Waals surface area (Å²) in [5, 5.41) is 7.16. The van der Waals surface area contributed by atoms with E-state index in [0.717, 1.165) is 0 Å². The number of aryl methyl sites for hydroxylation is 1. The Bertz CT molecular complexity index is 517. The van der Waals surface area contributed by atoms with Crippen LogP contribution < -0.4 is 11.1 Å². The van der Waals surface area contributed by atoms with Crippen molar-refractivity contribution >= 4 is 17.7 Å². The van der Waals surface area contributed by atoms with Gasteiger partial charge in [-0.1, -0.05) is 13.8 Å². The molecule has 0 amide bonds. The molecule has 2 aromatic heterocycles. The number of hydrogen-bond donors (Lipinski definition) is 2. The SMILES string of the molecule is CC(C)c1nc(N)nc(Nc2ccn(C)n2)n1. The van der Waals surface area contributed by atoms with Gasteiger partial charge >= 0.3 is 0 Å². The standard InChI is InChI=1S/C10H15N7/c1-6(2)8-13-9(11)15-10(14-8)12-7-4-5-17(3)16-7/h4-6H,1-3H3,(H3,11,12,13,14,15,16). The highest BCUT2D eigenvalue weighted by atomic mass is 15.3. The Kier molecular flexibility index (Phi) is 2.90. The van der Waals surface area contributed by atoms with E-state index in [1.54, 1.807) is 4.68 Å². The lowest BCUT2D eigenvalue weighted by Gasteiger charge is -2.07. The normalized spacial score (nSPS) is 10.8. The maximum atomic E-state index is 5.63. The Morgan fingerprint density at radius 3 is 2.65 bits per heavy atom. The molecule has 0 radical (unpaired) electrons. The fourth-order valence-electron chi connectivity index (χ4n) is 1.32. The van der Waals surface area contributed by atoms with Gasteiger partial charge in [-0.15, -0.1) is 0 Å². The summed E-state index contributed by atoms with van der Waals surface area (Å²) in [5.41, 5.74) is 5.63. The highest BCUT2D eigenvalue weighted by Gasteiger charge is 2.08. The number of rotatable bonds is 3. The second kappa shape index (κ2) is 4.36. The molecule has 2 rings (SSSR count). The van der Waals surface area contributed by atoms with Crippen molar-refractivity contribution in [2.75, 3.05) is 11.1 Å². The molecule has 0 fully saturated rings. The Labute approximate surface area is 99.1 Å². The third-order valence-electron chi connectivity index (χ3n) is 2.14. The van der Waals surface area contributed by atoms with Gasteiger partial charge in [-0.25, -0.2) is 0 Å². The molecule has 0 saturated heterocycles. The molecule has 0 aromatic carbocycles. The fraction of sp³-hybridized carbons (Fsp3) is 0.400. The van der Waals surface area contributed by atoms with Gasteiger partial charge in [-0.05, 0) is 0 Å². The highest BCUT2D eigenvalue weighted by Crippen LogP contribution is 2.14. The second-order valence-corrected chi connectivity index (χ2v) is 4.03. The van der Waals surface area contributed by atoms with E-state index in [1.165, 1.54) is 0 Å². The zero-order valence-corrected chi connectivity index (χ0v) is 10.0. The van der Waals surface area contributed by atoms with Crippen molar-refractivity contribution in [3.8, 4) is 0 Å². The minimum Gasteiger partial charge on any atom is -0.368 e. The molecule has 2 aromatic rings. The van der Waals surface area contributed by atoms with Crippen LogP contribution in [0.4, 0.5) is 17.7 Å². The van der Waals surface area contributed by atoms with Gasteiger partial charge < -0.3 is 11.1 Å². The molecule has 0 aliphatic heterocycles. The zero-order valence-electron chi connectivity index (χ0n) is 10.0. The first-order chi connectivity index (χ1) is 8.04. The quantitative estimate of drug-likeness (QED) is 0.823. The van der Waals surface area contributed by atoms with E-state index in [1.807, 2.05) is 33.2 Å². The number of anilines is 3.